The summed E-state index contributed by atoms with van der Waals surface area (Å²) in [4.78, 5) is 41.7. The lowest BCUT2D eigenvalue weighted by molar-refractivity contribution is -0.146. The number of halogens is 1. The number of fused-ring (bicyclic) bond motifs is 2. The summed E-state index contributed by atoms with van der Waals surface area (Å²) in [6.07, 6.45) is -0.865. The van der Waals surface area contributed by atoms with Crippen LogP contribution in [0.25, 0.3) is 11.0 Å². The van der Waals surface area contributed by atoms with Crippen LogP contribution < -0.4 is 15.1 Å². The van der Waals surface area contributed by atoms with E-state index in [0.29, 0.717) is 48.6 Å². The van der Waals surface area contributed by atoms with Gasteiger partial charge in [0.15, 0.2) is 11.5 Å². The summed E-state index contributed by atoms with van der Waals surface area (Å²) in [6.45, 7) is 3.24. The number of carbonyl (C=O) groups is 2. The van der Waals surface area contributed by atoms with Gasteiger partial charge in [0.2, 0.25) is 12.0 Å². The van der Waals surface area contributed by atoms with E-state index in [1.165, 1.54) is 12.1 Å². The number of benzene rings is 2. The monoisotopic (exact) mass is 498 g/mol. The number of ether oxygens (including phenoxy) is 2. The minimum atomic E-state index is -0.733. The number of aryl methyl sites for hydroxylation is 1. The number of para-hydroxylation sites is 2. The van der Waals surface area contributed by atoms with E-state index in [4.69, 9.17) is 25.5 Å². The first-order valence-electron chi connectivity index (χ1n) is 11.2. The van der Waals surface area contributed by atoms with Gasteiger partial charge in [0.05, 0.1) is 17.0 Å². The molecule has 182 valence electrons. The molecule has 3 heterocycles. The second-order valence-electron chi connectivity index (χ2n) is 8.54. The Bertz CT molecular complexity index is 1380. The molecule has 1 atom stereocenters. The summed E-state index contributed by atoms with van der Waals surface area (Å²) in [5, 5.41) is 10.5. The smallest absolute Gasteiger partial charge is 0.340 e. The summed E-state index contributed by atoms with van der Waals surface area (Å²) < 4.78 is 16.8. The van der Waals surface area contributed by atoms with Crippen LogP contribution in [0.2, 0.25) is 5.02 Å². The van der Waals surface area contributed by atoms with Crippen LogP contribution in [0, 0.1) is 6.92 Å². The molecule has 0 spiro atoms. The zero-order chi connectivity index (χ0) is 24.7. The average molecular weight is 499 g/mol. The summed E-state index contributed by atoms with van der Waals surface area (Å²) >= 11 is 6.01. The van der Waals surface area contributed by atoms with Crippen LogP contribution >= 0.6 is 11.6 Å². The molecule has 5 rings (SSSR count). The predicted octanol–water partition coefficient (Wildman–Crippen LogP) is 2.51. The lowest BCUT2D eigenvalue weighted by Crippen LogP contribution is -2.55. The molecular weight excluding hydrogens is 476 g/mol. The third-order valence-corrected chi connectivity index (χ3v) is 6.71. The van der Waals surface area contributed by atoms with Crippen molar-refractivity contribution in [3.63, 3.8) is 0 Å². The van der Waals surface area contributed by atoms with Crippen molar-refractivity contribution in [3.05, 3.63) is 63.0 Å². The minimum absolute atomic E-state index is 0.128. The second kappa shape index (κ2) is 9.14. The zero-order valence-corrected chi connectivity index (χ0v) is 19.7. The zero-order valence-electron chi connectivity index (χ0n) is 19.0. The van der Waals surface area contributed by atoms with E-state index < -0.39 is 11.7 Å². The Morgan fingerprint density at radius 1 is 1.09 bits per heavy atom. The van der Waals surface area contributed by atoms with Gasteiger partial charge in [-0.05, 0) is 30.7 Å². The Morgan fingerprint density at radius 2 is 1.77 bits per heavy atom. The first-order valence-corrected chi connectivity index (χ1v) is 11.6. The molecule has 10 heteroatoms. The van der Waals surface area contributed by atoms with Gasteiger partial charge in [-0.1, -0.05) is 23.7 Å². The minimum Gasteiger partial charge on any atom is -0.506 e. The molecule has 2 amide bonds. The van der Waals surface area contributed by atoms with E-state index in [-0.39, 0.29) is 46.8 Å². The number of aromatic hydroxyl groups is 1. The van der Waals surface area contributed by atoms with Crippen molar-refractivity contribution in [2.24, 2.45) is 0 Å². The Labute approximate surface area is 205 Å². The first-order chi connectivity index (χ1) is 16.8. The molecular formula is C25H23ClN2O7. The van der Waals surface area contributed by atoms with Gasteiger partial charge in [-0.25, -0.2) is 4.79 Å². The molecule has 1 unspecified atom stereocenters. The number of nitrogens with zero attached hydrogens (tertiary/aromatic N) is 2. The maximum absolute atomic E-state index is 13.0. The van der Waals surface area contributed by atoms with Gasteiger partial charge in [-0.3, -0.25) is 9.59 Å². The van der Waals surface area contributed by atoms with Crippen molar-refractivity contribution in [2.45, 2.75) is 19.4 Å². The molecule has 2 aromatic carbocycles. The number of piperazine rings is 1. The van der Waals surface area contributed by atoms with Crippen molar-refractivity contribution < 1.29 is 28.6 Å². The standard InChI is InChI=1S/C25H23ClN2O7/c1-14-15-10-17(26)18(29)12-21(15)35-25(32)16(14)11-23(30)27-6-8-28(9-7-27)24(31)22-13-33-19-4-2-3-5-20(19)34-22/h2-5,10,12,22,29H,6-9,11,13H2,1H3. The predicted molar refractivity (Wildman–Crippen MR) is 127 cm³/mol. The van der Waals surface area contributed by atoms with Crippen molar-refractivity contribution >= 4 is 34.4 Å². The number of hydrogen-bond acceptors (Lipinski definition) is 7. The largest absolute Gasteiger partial charge is 0.506 e. The van der Waals surface area contributed by atoms with Crippen LogP contribution in [0.1, 0.15) is 11.1 Å². The first kappa shape index (κ1) is 23.0. The number of rotatable bonds is 3. The summed E-state index contributed by atoms with van der Waals surface area (Å²) in [5.41, 5.74) is 0.395. The van der Waals surface area contributed by atoms with Crippen LogP contribution in [-0.2, 0) is 16.0 Å². The highest BCUT2D eigenvalue weighted by molar-refractivity contribution is 6.32. The molecule has 1 N–H and O–H groups in total. The lowest BCUT2D eigenvalue weighted by atomic mass is 10.0. The maximum atomic E-state index is 13.0. The van der Waals surface area contributed by atoms with Crippen molar-refractivity contribution in [2.75, 3.05) is 32.8 Å². The Balaban J connectivity index is 1.23. The van der Waals surface area contributed by atoms with E-state index in [1.54, 1.807) is 28.9 Å². The highest BCUT2D eigenvalue weighted by Crippen LogP contribution is 2.32. The van der Waals surface area contributed by atoms with Crippen LogP contribution in [0.4, 0.5) is 0 Å². The van der Waals surface area contributed by atoms with E-state index >= 15 is 0 Å². The Kier molecular flexibility index (Phi) is 6.02. The molecule has 0 saturated carbocycles. The van der Waals surface area contributed by atoms with Crippen molar-refractivity contribution in [1.29, 1.82) is 0 Å². The van der Waals surface area contributed by atoms with Gasteiger partial charge in [0.25, 0.3) is 5.91 Å². The van der Waals surface area contributed by atoms with Gasteiger partial charge in [0, 0.05) is 37.6 Å². The number of carbonyl (C=O) groups excluding carboxylic acids is 2. The highest BCUT2D eigenvalue weighted by atomic mass is 35.5. The fourth-order valence-electron chi connectivity index (χ4n) is 4.39. The lowest BCUT2D eigenvalue weighted by Gasteiger charge is -2.37. The molecule has 1 fully saturated rings. The summed E-state index contributed by atoms with van der Waals surface area (Å²) in [5.74, 6) is 0.541. The topological polar surface area (TPSA) is 110 Å². The number of phenols is 1. The summed E-state index contributed by atoms with van der Waals surface area (Å²) in [7, 11) is 0. The molecule has 35 heavy (non-hydrogen) atoms. The SMILES string of the molecule is Cc1c(CC(=O)N2CCN(C(=O)C3COc4ccccc4O3)CC2)c(=O)oc2cc(O)c(Cl)cc12. The van der Waals surface area contributed by atoms with Gasteiger partial charge >= 0.3 is 5.63 Å². The van der Waals surface area contributed by atoms with Crippen LogP contribution in [0.3, 0.4) is 0 Å². The fraction of sp³-hybridized carbons (Fsp3) is 0.320. The van der Waals surface area contributed by atoms with Gasteiger partial charge in [-0.2, -0.15) is 0 Å². The molecule has 9 nitrogen and oxygen atoms in total. The maximum Gasteiger partial charge on any atom is 0.340 e. The van der Waals surface area contributed by atoms with Gasteiger partial charge in [-0.15, -0.1) is 0 Å². The van der Waals surface area contributed by atoms with E-state index in [0.717, 1.165) is 0 Å². The van der Waals surface area contributed by atoms with E-state index in [1.807, 2.05) is 12.1 Å². The van der Waals surface area contributed by atoms with Crippen LogP contribution in [-0.4, -0.2) is 65.6 Å². The Morgan fingerprint density at radius 3 is 2.51 bits per heavy atom. The average Bonchev–Trinajstić information content (AvgIpc) is 2.87. The third kappa shape index (κ3) is 4.39. The number of phenolic OH excluding ortho intramolecular Hbond substituents is 1. The fourth-order valence-corrected chi connectivity index (χ4v) is 4.55. The molecule has 0 bridgehead atoms. The molecule has 0 radical (unpaired) electrons. The van der Waals surface area contributed by atoms with Gasteiger partial charge in [0.1, 0.15) is 17.9 Å². The highest BCUT2D eigenvalue weighted by Gasteiger charge is 2.33. The quantitative estimate of drug-likeness (QED) is 0.552. The normalized spacial score (nSPS) is 17.5. The molecule has 2 aliphatic heterocycles. The van der Waals surface area contributed by atoms with Gasteiger partial charge < -0.3 is 28.8 Å². The summed E-state index contributed by atoms with van der Waals surface area (Å²) in [6, 6.07) is 10.00. The van der Waals surface area contributed by atoms with E-state index in [9.17, 15) is 19.5 Å². The second-order valence-corrected chi connectivity index (χ2v) is 8.95. The van der Waals surface area contributed by atoms with Crippen molar-refractivity contribution in [3.8, 4) is 17.2 Å². The molecule has 2 aliphatic rings. The third-order valence-electron chi connectivity index (χ3n) is 6.41. The number of amides is 2. The molecule has 1 saturated heterocycles. The molecule has 1 aromatic heterocycles. The molecule has 3 aromatic rings. The van der Waals surface area contributed by atoms with Crippen molar-refractivity contribution in [1.82, 2.24) is 9.80 Å². The van der Waals surface area contributed by atoms with Crippen LogP contribution in [0.5, 0.6) is 17.2 Å². The number of hydrogen-bond donors (Lipinski definition) is 1. The van der Waals surface area contributed by atoms with Crippen LogP contribution in [0.15, 0.2) is 45.6 Å². The molecule has 0 aliphatic carbocycles. The Hall–Kier alpha value is -3.72. The van der Waals surface area contributed by atoms with E-state index in [2.05, 4.69) is 0 Å².